The molecule has 1 aromatic heterocycles. The van der Waals surface area contributed by atoms with E-state index in [0.717, 1.165) is 23.8 Å². The zero-order chi connectivity index (χ0) is 19.6. The van der Waals surface area contributed by atoms with Gasteiger partial charge in [0.25, 0.3) is 0 Å². The van der Waals surface area contributed by atoms with Crippen LogP contribution in [-0.4, -0.2) is 22.8 Å². The number of Topliss-reactive ketones (excluding diaryl/α,β-unsaturated/α-hetero) is 1. The Morgan fingerprint density at radius 1 is 1.07 bits per heavy atom. The van der Waals surface area contributed by atoms with Crippen molar-refractivity contribution in [3.05, 3.63) is 76.3 Å². The number of hydrogen-bond acceptors (Lipinski definition) is 5. The van der Waals surface area contributed by atoms with Crippen molar-refractivity contribution < 1.29 is 23.1 Å². The number of carbonyl (C=O) groups excluding carboxylic acids is 2. The molecule has 0 bridgehead atoms. The lowest BCUT2D eigenvalue weighted by Gasteiger charge is -2.12. The molecule has 0 spiro atoms. The van der Waals surface area contributed by atoms with Gasteiger partial charge in [-0.1, -0.05) is 30.3 Å². The molecule has 1 unspecified atom stereocenters. The topological polar surface area (TPSA) is 56.3 Å². The van der Waals surface area contributed by atoms with E-state index in [4.69, 9.17) is 4.74 Å². The highest BCUT2D eigenvalue weighted by Crippen LogP contribution is 2.28. The Labute approximate surface area is 158 Å². The van der Waals surface area contributed by atoms with Gasteiger partial charge < -0.3 is 4.74 Å². The number of esters is 1. The molecule has 4 nitrogen and oxygen atoms in total. The molecule has 1 heterocycles. The summed E-state index contributed by atoms with van der Waals surface area (Å²) >= 11 is 1.17. The Balaban J connectivity index is 1.76. The zero-order valence-electron chi connectivity index (χ0n) is 14.5. The van der Waals surface area contributed by atoms with Gasteiger partial charge in [-0.3, -0.25) is 4.79 Å². The van der Waals surface area contributed by atoms with E-state index in [1.807, 2.05) is 30.3 Å². The van der Waals surface area contributed by atoms with E-state index in [2.05, 4.69) is 4.98 Å². The van der Waals surface area contributed by atoms with Crippen LogP contribution < -0.4 is 0 Å². The fraction of sp³-hybridized carbons (Fsp3) is 0.150. The molecule has 0 aliphatic rings. The number of aromatic nitrogens is 1. The molecule has 0 saturated heterocycles. The highest BCUT2D eigenvalue weighted by atomic mass is 32.1. The summed E-state index contributed by atoms with van der Waals surface area (Å²) in [5.41, 5.74) is 1.30. The summed E-state index contributed by atoms with van der Waals surface area (Å²) in [6.07, 6.45) is -1.15. The van der Waals surface area contributed by atoms with Gasteiger partial charge in [-0.15, -0.1) is 11.3 Å². The molecular weight excluding hydrogens is 372 g/mol. The second-order valence-corrected chi connectivity index (χ2v) is 6.84. The number of thiazole rings is 1. The molecule has 0 N–H and O–H groups in total. The van der Waals surface area contributed by atoms with E-state index in [0.29, 0.717) is 15.6 Å². The van der Waals surface area contributed by atoms with Crippen LogP contribution in [0.2, 0.25) is 0 Å². The maximum atomic E-state index is 13.3. The summed E-state index contributed by atoms with van der Waals surface area (Å²) < 4.78 is 31.5. The molecule has 0 saturated carbocycles. The van der Waals surface area contributed by atoms with Crippen molar-refractivity contribution >= 4 is 23.1 Å². The number of carbonyl (C=O) groups is 2. The number of halogens is 2. The summed E-state index contributed by atoms with van der Waals surface area (Å²) in [7, 11) is 0. The molecule has 0 fully saturated rings. The SMILES string of the molecule is Cc1nc(-c2ccccc2)sc1C(=O)OC(C)C(=O)c1ccc(F)c(F)c1. The molecule has 138 valence electrons. The number of ketones is 1. The molecule has 27 heavy (non-hydrogen) atoms. The minimum absolute atomic E-state index is 0.0693. The van der Waals surface area contributed by atoms with Gasteiger partial charge in [0.2, 0.25) is 5.78 Å². The van der Waals surface area contributed by atoms with Gasteiger partial charge in [0.05, 0.1) is 5.69 Å². The van der Waals surface area contributed by atoms with Crippen molar-refractivity contribution in [1.29, 1.82) is 0 Å². The molecule has 1 atom stereocenters. The maximum absolute atomic E-state index is 13.3. The van der Waals surface area contributed by atoms with E-state index in [9.17, 15) is 18.4 Å². The summed E-state index contributed by atoms with van der Waals surface area (Å²) in [6.45, 7) is 3.07. The standard InChI is InChI=1S/C20H15F2NO3S/c1-11-18(27-19(23-11)13-6-4-3-5-7-13)20(25)26-12(2)17(24)14-8-9-15(21)16(22)10-14/h3-10,12H,1-2H3. The van der Waals surface area contributed by atoms with Gasteiger partial charge in [-0.05, 0) is 32.0 Å². The van der Waals surface area contributed by atoms with Crippen molar-refractivity contribution in [2.75, 3.05) is 0 Å². The minimum Gasteiger partial charge on any atom is -0.450 e. The number of nitrogens with zero attached hydrogens (tertiary/aromatic N) is 1. The summed E-state index contributed by atoms with van der Waals surface area (Å²) in [4.78, 5) is 29.4. The van der Waals surface area contributed by atoms with Gasteiger partial charge in [0.1, 0.15) is 9.88 Å². The summed E-state index contributed by atoms with van der Waals surface area (Å²) in [5.74, 6) is -3.49. The van der Waals surface area contributed by atoms with Crippen molar-refractivity contribution in [2.45, 2.75) is 20.0 Å². The Morgan fingerprint density at radius 2 is 1.78 bits per heavy atom. The molecule has 0 aliphatic carbocycles. The van der Waals surface area contributed by atoms with Crippen LogP contribution in [0.5, 0.6) is 0 Å². The maximum Gasteiger partial charge on any atom is 0.350 e. The van der Waals surface area contributed by atoms with Crippen LogP contribution in [0.4, 0.5) is 8.78 Å². The third kappa shape index (κ3) is 4.09. The molecule has 3 aromatic rings. The molecular formula is C20H15F2NO3S. The highest BCUT2D eigenvalue weighted by Gasteiger charge is 2.24. The van der Waals surface area contributed by atoms with Crippen LogP contribution in [0.25, 0.3) is 10.6 Å². The van der Waals surface area contributed by atoms with Crippen LogP contribution in [0.15, 0.2) is 48.5 Å². The van der Waals surface area contributed by atoms with Crippen LogP contribution in [0.1, 0.15) is 32.6 Å². The predicted octanol–water partition coefficient (Wildman–Crippen LogP) is 4.82. The van der Waals surface area contributed by atoms with Gasteiger partial charge in [-0.2, -0.15) is 0 Å². The lowest BCUT2D eigenvalue weighted by molar-refractivity contribution is 0.0322. The van der Waals surface area contributed by atoms with Crippen molar-refractivity contribution in [1.82, 2.24) is 4.98 Å². The first-order chi connectivity index (χ1) is 12.9. The molecule has 0 aliphatic heterocycles. The van der Waals surface area contributed by atoms with Crippen molar-refractivity contribution in [3.8, 4) is 10.6 Å². The first-order valence-corrected chi connectivity index (χ1v) is 8.91. The lowest BCUT2D eigenvalue weighted by Crippen LogP contribution is -2.24. The quantitative estimate of drug-likeness (QED) is 0.465. The minimum atomic E-state index is -1.15. The number of rotatable bonds is 5. The third-order valence-corrected chi connectivity index (χ3v) is 5.05. The van der Waals surface area contributed by atoms with Crippen molar-refractivity contribution in [2.24, 2.45) is 0 Å². The van der Waals surface area contributed by atoms with E-state index in [-0.39, 0.29) is 5.56 Å². The largest absolute Gasteiger partial charge is 0.450 e. The Kier molecular flexibility index (Phi) is 5.41. The highest BCUT2D eigenvalue weighted by molar-refractivity contribution is 7.17. The smallest absolute Gasteiger partial charge is 0.350 e. The third-order valence-electron chi connectivity index (χ3n) is 3.86. The van der Waals surface area contributed by atoms with E-state index in [1.165, 1.54) is 18.3 Å². The predicted molar refractivity (Wildman–Crippen MR) is 97.9 cm³/mol. The fourth-order valence-corrected chi connectivity index (χ4v) is 3.40. The molecule has 3 rings (SSSR count). The average Bonchev–Trinajstić information content (AvgIpc) is 3.06. The van der Waals surface area contributed by atoms with E-state index >= 15 is 0 Å². The van der Waals surface area contributed by atoms with Crippen LogP contribution in [0, 0.1) is 18.6 Å². The monoisotopic (exact) mass is 387 g/mol. The molecule has 2 aromatic carbocycles. The summed E-state index contributed by atoms with van der Waals surface area (Å²) in [5, 5.41) is 0.666. The van der Waals surface area contributed by atoms with Crippen LogP contribution >= 0.6 is 11.3 Å². The number of hydrogen-bond donors (Lipinski definition) is 0. The van der Waals surface area contributed by atoms with Gasteiger partial charge >= 0.3 is 5.97 Å². The van der Waals surface area contributed by atoms with Crippen molar-refractivity contribution in [3.63, 3.8) is 0 Å². The lowest BCUT2D eigenvalue weighted by atomic mass is 10.1. The first kappa shape index (κ1) is 18.8. The number of benzene rings is 2. The van der Waals surface area contributed by atoms with E-state index < -0.39 is 29.5 Å². The summed E-state index contributed by atoms with van der Waals surface area (Å²) in [6, 6.07) is 12.2. The van der Waals surface area contributed by atoms with Gasteiger partial charge in [-0.25, -0.2) is 18.6 Å². The Hall–Kier alpha value is -2.93. The second kappa shape index (κ2) is 7.75. The van der Waals surface area contributed by atoms with Gasteiger partial charge in [0.15, 0.2) is 17.7 Å². The van der Waals surface area contributed by atoms with Gasteiger partial charge in [0, 0.05) is 11.1 Å². The second-order valence-electron chi connectivity index (χ2n) is 5.84. The van der Waals surface area contributed by atoms with Crippen LogP contribution in [0.3, 0.4) is 0 Å². The van der Waals surface area contributed by atoms with E-state index in [1.54, 1.807) is 6.92 Å². The molecule has 7 heteroatoms. The average molecular weight is 387 g/mol. The Bertz CT molecular complexity index is 1000. The Morgan fingerprint density at radius 3 is 2.44 bits per heavy atom. The number of aryl methyl sites for hydroxylation is 1. The number of ether oxygens (including phenoxy) is 1. The molecule has 0 radical (unpaired) electrons. The molecule has 0 amide bonds. The normalized spacial score (nSPS) is 11.9. The first-order valence-electron chi connectivity index (χ1n) is 8.10. The zero-order valence-corrected chi connectivity index (χ0v) is 15.3. The van der Waals surface area contributed by atoms with Crippen LogP contribution in [-0.2, 0) is 4.74 Å². The fourth-order valence-electron chi connectivity index (χ4n) is 2.44.